The van der Waals surface area contributed by atoms with Crippen molar-refractivity contribution < 1.29 is 9.53 Å². The van der Waals surface area contributed by atoms with E-state index in [0.29, 0.717) is 17.9 Å². The zero-order valence-corrected chi connectivity index (χ0v) is 19.8. The van der Waals surface area contributed by atoms with Crippen LogP contribution in [0.4, 0.5) is 5.69 Å². The molecule has 9 heteroatoms. The number of hydrogen-bond acceptors (Lipinski definition) is 7. The smallest absolute Gasteiger partial charge is 0.238 e. The molecule has 1 fully saturated rings. The standard InChI is InChI=1S/C25H26N6O2.ClH/c1-30-8-10-31(11-9-30)7-2-12-33-18-4-5-19-22(14-18)27-16-28-24(19)23-20-13-17(15-26)3-6-21(20)29-25(23)32;/h3-6,13-14,16,23H,2,7-12H2,1H3,(H,29,32);1H. The summed E-state index contributed by atoms with van der Waals surface area (Å²) in [6.45, 7) is 6.14. The van der Waals surface area contributed by atoms with Crippen LogP contribution in [0, 0.1) is 11.3 Å². The van der Waals surface area contributed by atoms with Crippen molar-refractivity contribution in [1.82, 2.24) is 19.8 Å². The first kappa shape index (κ1) is 23.9. The van der Waals surface area contributed by atoms with Gasteiger partial charge in [-0.3, -0.25) is 4.79 Å². The molecule has 3 heterocycles. The largest absolute Gasteiger partial charge is 0.493 e. The lowest BCUT2D eigenvalue weighted by Crippen LogP contribution is -2.44. The molecule has 0 radical (unpaired) electrons. The molecule has 8 nitrogen and oxygen atoms in total. The molecule has 1 atom stereocenters. The summed E-state index contributed by atoms with van der Waals surface area (Å²) in [4.78, 5) is 26.5. The van der Waals surface area contributed by atoms with Crippen LogP contribution in [-0.4, -0.2) is 72.1 Å². The topological polar surface area (TPSA) is 94.4 Å². The van der Waals surface area contributed by atoms with Crippen molar-refractivity contribution >= 4 is 34.9 Å². The third-order valence-electron chi connectivity index (χ3n) is 6.41. The fourth-order valence-corrected chi connectivity index (χ4v) is 4.53. The van der Waals surface area contributed by atoms with Crippen molar-refractivity contribution in [3.05, 3.63) is 59.5 Å². The molecule has 2 aliphatic heterocycles. The number of hydrogen-bond donors (Lipinski definition) is 1. The van der Waals surface area contributed by atoms with Crippen molar-refractivity contribution in [1.29, 1.82) is 5.26 Å². The normalized spacial score (nSPS) is 18.1. The average molecular weight is 479 g/mol. The number of carbonyl (C=O) groups is 1. The molecule has 176 valence electrons. The number of ether oxygens (including phenoxy) is 1. The zero-order chi connectivity index (χ0) is 22.8. The van der Waals surface area contributed by atoms with E-state index in [1.807, 2.05) is 18.2 Å². The highest BCUT2D eigenvalue weighted by atomic mass is 35.5. The molecule has 5 rings (SSSR count). The van der Waals surface area contributed by atoms with E-state index >= 15 is 0 Å². The van der Waals surface area contributed by atoms with E-state index in [9.17, 15) is 10.1 Å². The van der Waals surface area contributed by atoms with Crippen molar-refractivity contribution in [3.8, 4) is 11.8 Å². The van der Waals surface area contributed by atoms with E-state index in [1.165, 1.54) is 6.33 Å². The first-order chi connectivity index (χ1) is 16.1. The van der Waals surface area contributed by atoms with Gasteiger partial charge in [-0.1, -0.05) is 0 Å². The molecule has 0 saturated carbocycles. The monoisotopic (exact) mass is 478 g/mol. The summed E-state index contributed by atoms with van der Waals surface area (Å²) in [6, 6.07) is 13.1. The molecule has 1 aromatic heterocycles. The van der Waals surface area contributed by atoms with Gasteiger partial charge in [-0.2, -0.15) is 5.26 Å². The van der Waals surface area contributed by atoms with Crippen LogP contribution in [0.1, 0.15) is 29.2 Å². The number of rotatable bonds is 6. The van der Waals surface area contributed by atoms with Crippen LogP contribution in [0.15, 0.2) is 42.7 Å². The minimum absolute atomic E-state index is 0. The Morgan fingerprint density at radius 2 is 1.97 bits per heavy atom. The Kier molecular flexibility index (Phi) is 7.27. The summed E-state index contributed by atoms with van der Waals surface area (Å²) in [5, 5.41) is 13.0. The number of aromatic nitrogens is 2. The molecule has 0 aliphatic carbocycles. The predicted molar refractivity (Wildman–Crippen MR) is 132 cm³/mol. The number of anilines is 1. The van der Waals surface area contributed by atoms with Gasteiger partial charge in [0.15, 0.2) is 0 Å². The van der Waals surface area contributed by atoms with Gasteiger partial charge in [-0.25, -0.2) is 9.97 Å². The second kappa shape index (κ2) is 10.3. The summed E-state index contributed by atoms with van der Waals surface area (Å²) in [7, 11) is 2.16. The number of amides is 1. The van der Waals surface area contributed by atoms with E-state index in [4.69, 9.17) is 4.74 Å². The van der Waals surface area contributed by atoms with Gasteiger partial charge in [-0.05, 0) is 49.4 Å². The Balaban J connectivity index is 0.00000274. The Morgan fingerprint density at radius 3 is 2.76 bits per heavy atom. The molecular formula is C25H27ClN6O2. The van der Waals surface area contributed by atoms with Crippen molar-refractivity contribution in [2.24, 2.45) is 0 Å². The van der Waals surface area contributed by atoms with Crippen LogP contribution >= 0.6 is 12.4 Å². The highest BCUT2D eigenvalue weighted by Gasteiger charge is 2.34. The minimum atomic E-state index is -0.575. The highest BCUT2D eigenvalue weighted by molar-refractivity contribution is 6.06. The molecule has 1 saturated heterocycles. The Morgan fingerprint density at radius 1 is 1.15 bits per heavy atom. The molecule has 1 amide bonds. The summed E-state index contributed by atoms with van der Waals surface area (Å²) >= 11 is 0. The van der Waals surface area contributed by atoms with Gasteiger partial charge in [-0.15, -0.1) is 12.4 Å². The van der Waals surface area contributed by atoms with Crippen LogP contribution < -0.4 is 10.1 Å². The summed E-state index contributed by atoms with van der Waals surface area (Å²) in [6.07, 6.45) is 2.45. The SMILES string of the molecule is CN1CCN(CCCOc2ccc3c(C4C(=O)Nc5ccc(C#N)cc54)ncnc3c2)CC1.Cl. The lowest BCUT2D eigenvalue weighted by atomic mass is 9.93. The molecule has 3 aromatic rings. The number of halogens is 1. The third kappa shape index (κ3) is 4.82. The van der Waals surface area contributed by atoms with Gasteiger partial charge in [0.05, 0.1) is 29.5 Å². The van der Waals surface area contributed by atoms with E-state index in [0.717, 1.165) is 67.0 Å². The fraction of sp³-hybridized carbons (Fsp3) is 0.360. The first-order valence-corrected chi connectivity index (χ1v) is 11.3. The number of nitrogens with one attached hydrogen (secondary N) is 1. The maximum atomic E-state index is 12.8. The van der Waals surface area contributed by atoms with Crippen LogP contribution in [0.25, 0.3) is 10.9 Å². The van der Waals surface area contributed by atoms with E-state index in [-0.39, 0.29) is 18.3 Å². The maximum Gasteiger partial charge on any atom is 0.238 e. The molecule has 0 bridgehead atoms. The molecule has 2 aliphatic rings. The molecule has 0 spiro atoms. The fourth-order valence-electron chi connectivity index (χ4n) is 4.53. The van der Waals surface area contributed by atoms with Gasteiger partial charge in [0.1, 0.15) is 18.0 Å². The van der Waals surface area contributed by atoms with E-state index in [1.54, 1.807) is 18.2 Å². The Labute approximate surface area is 205 Å². The summed E-state index contributed by atoms with van der Waals surface area (Å²) in [5.41, 5.74) is 3.36. The quantitative estimate of drug-likeness (QED) is 0.544. The van der Waals surface area contributed by atoms with Gasteiger partial charge in [0, 0.05) is 49.9 Å². The number of carbonyl (C=O) groups excluding carboxylic acids is 1. The van der Waals surface area contributed by atoms with Crippen LogP contribution in [0.5, 0.6) is 5.75 Å². The molecule has 1 unspecified atom stereocenters. The second-order valence-corrected chi connectivity index (χ2v) is 8.62. The number of likely N-dealkylation sites (N-methyl/N-ethyl adjacent to an activating group) is 1. The highest BCUT2D eigenvalue weighted by Crippen LogP contribution is 2.39. The third-order valence-corrected chi connectivity index (χ3v) is 6.41. The van der Waals surface area contributed by atoms with Crippen molar-refractivity contribution in [2.45, 2.75) is 12.3 Å². The molecular weight excluding hydrogens is 452 g/mol. The van der Waals surface area contributed by atoms with Gasteiger partial charge >= 0.3 is 0 Å². The molecule has 1 N–H and O–H groups in total. The lowest BCUT2D eigenvalue weighted by Gasteiger charge is -2.32. The number of nitriles is 1. The summed E-state index contributed by atoms with van der Waals surface area (Å²) in [5.74, 6) is 0.0343. The zero-order valence-electron chi connectivity index (χ0n) is 19.0. The molecule has 34 heavy (non-hydrogen) atoms. The maximum absolute atomic E-state index is 12.8. The minimum Gasteiger partial charge on any atom is -0.493 e. The number of piperazine rings is 1. The van der Waals surface area contributed by atoms with Gasteiger partial charge in [0.2, 0.25) is 5.91 Å². The van der Waals surface area contributed by atoms with Crippen LogP contribution in [0.3, 0.4) is 0 Å². The number of benzene rings is 2. The van der Waals surface area contributed by atoms with Gasteiger partial charge < -0.3 is 19.9 Å². The summed E-state index contributed by atoms with van der Waals surface area (Å²) < 4.78 is 5.99. The molecule has 2 aromatic carbocycles. The Bertz CT molecular complexity index is 1240. The van der Waals surface area contributed by atoms with Crippen LogP contribution in [0.2, 0.25) is 0 Å². The number of fused-ring (bicyclic) bond motifs is 2. The van der Waals surface area contributed by atoms with E-state index < -0.39 is 5.92 Å². The second-order valence-electron chi connectivity index (χ2n) is 8.62. The average Bonchev–Trinajstić information content (AvgIpc) is 3.17. The predicted octanol–water partition coefficient (Wildman–Crippen LogP) is 3.02. The van der Waals surface area contributed by atoms with Gasteiger partial charge in [0.25, 0.3) is 0 Å². The van der Waals surface area contributed by atoms with Crippen LogP contribution in [-0.2, 0) is 4.79 Å². The number of nitrogens with zero attached hydrogens (tertiary/aromatic N) is 5. The van der Waals surface area contributed by atoms with Crippen molar-refractivity contribution in [3.63, 3.8) is 0 Å². The van der Waals surface area contributed by atoms with Crippen molar-refractivity contribution in [2.75, 3.05) is 51.7 Å². The lowest BCUT2D eigenvalue weighted by molar-refractivity contribution is -0.116. The Hall–Kier alpha value is -3.25. The first-order valence-electron chi connectivity index (χ1n) is 11.3. The van der Waals surface area contributed by atoms with E-state index in [2.05, 4.69) is 38.2 Å².